The van der Waals surface area contributed by atoms with Crippen LogP contribution < -0.4 is 15.0 Å². The molecule has 224 valence electrons. The van der Waals surface area contributed by atoms with E-state index < -0.39 is 29.1 Å². The monoisotopic (exact) mass is 611 g/mol. The lowest BCUT2D eigenvalue weighted by atomic mass is 9.90. The van der Waals surface area contributed by atoms with Gasteiger partial charge in [0.15, 0.2) is 0 Å². The first-order chi connectivity index (χ1) is 20.5. The van der Waals surface area contributed by atoms with Crippen LogP contribution >= 0.6 is 11.5 Å². The number of aromatic amines is 1. The molecule has 0 radical (unpaired) electrons. The van der Waals surface area contributed by atoms with Gasteiger partial charge in [0.2, 0.25) is 12.1 Å². The molecule has 1 unspecified atom stereocenters. The molecule has 5 rings (SSSR count). The highest BCUT2D eigenvalue weighted by Gasteiger charge is 2.34. The first-order valence-electron chi connectivity index (χ1n) is 13.4. The van der Waals surface area contributed by atoms with Gasteiger partial charge in [0, 0.05) is 11.6 Å². The molecule has 0 fully saturated rings. The van der Waals surface area contributed by atoms with Gasteiger partial charge in [-0.15, -0.1) is 5.10 Å². The second kappa shape index (κ2) is 12.3. The van der Waals surface area contributed by atoms with Crippen LogP contribution in [0.1, 0.15) is 43.3 Å². The molecule has 0 aliphatic carbocycles. The van der Waals surface area contributed by atoms with E-state index >= 15 is 0 Å². The Labute approximate surface area is 248 Å². The van der Waals surface area contributed by atoms with E-state index in [0.717, 1.165) is 23.2 Å². The number of H-pyrrole nitrogens is 1. The van der Waals surface area contributed by atoms with Crippen LogP contribution in [0.2, 0.25) is 0 Å². The average Bonchev–Trinajstić information content (AvgIpc) is 3.60. The molecule has 0 spiro atoms. The maximum absolute atomic E-state index is 13.7. The Morgan fingerprint density at radius 1 is 1.00 bits per heavy atom. The molecule has 0 amide bonds. The molecule has 8 nitrogen and oxygen atoms in total. The Hall–Kier alpha value is -4.58. The Balaban J connectivity index is 1.35. The molecule has 0 aliphatic rings. The molecule has 1 N–H and O–H groups in total. The molecule has 5 aromatic rings. The summed E-state index contributed by atoms with van der Waals surface area (Å²) in [5.41, 5.74) is -0.943. The van der Waals surface area contributed by atoms with Crippen LogP contribution in [0.5, 0.6) is 11.6 Å². The van der Waals surface area contributed by atoms with Gasteiger partial charge in [-0.3, -0.25) is 14.7 Å². The van der Waals surface area contributed by atoms with Crippen molar-refractivity contribution in [3.05, 3.63) is 112 Å². The Morgan fingerprint density at radius 3 is 2.37 bits per heavy atom. The van der Waals surface area contributed by atoms with E-state index in [1.54, 1.807) is 62.4 Å². The van der Waals surface area contributed by atoms with Crippen molar-refractivity contribution in [2.75, 3.05) is 6.61 Å². The molecule has 1 atom stereocenters. The van der Waals surface area contributed by atoms with Crippen molar-refractivity contribution in [1.82, 2.24) is 14.2 Å². The Bertz CT molecular complexity index is 1750. The lowest BCUT2D eigenvalue weighted by Gasteiger charge is -2.22. The van der Waals surface area contributed by atoms with Crippen LogP contribution in [0.3, 0.4) is 0 Å². The summed E-state index contributed by atoms with van der Waals surface area (Å²) in [4.78, 5) is 26.5. The number of hydrogen-bond acceptors (Lipinski definition) is 7. The number of nitrogens with zero attached hydrogens (tertiary/aromatic N) is 2. The molecule has 2 aromatic heterocycles. The highest BCUT2D eigenvalue weighted by molar-refractivity contribution is 7.14. The number of halogens is 3. The number of fused-ring (bicyclic) bond motifs is 1. The number of nitrogens with one attached hydrogen (secondary N) is 1. The minimum absolute atomic E-state index is 0.133. The number of esters is 1. The summed E-state index contributed by atoms with van der Waals surface area (Å²) in [6.07, 6.45) is -5.40. The minimum Gasteiger partial charge on any atom is -0.493 e. The summed E-state index contributed by atoms with van der Waals surface area (Å²) in [6, 6.07) is 23.9. The third kappa shape index (κ3) is 6.91. The van der Waals surface area contributed by atoms with Gasteiger partial charge in [0.1, 0.15) is 23.4 Å². The van der Waals surface area contributed by atoms with Crippen molar-refractivity contribution in [2.45, 2.75) is 39.3 Å². The lowest BCUT2D eigenvalue weighted by molar-refractivity contribution is -0.156. The number of hydrogen-bond donors (Lipinski definition) is 1. The average molecular weight is 612 g/mol. The Kier molecular flexibility index (Phi) is 8.58. The van der Waals surface area contributed by atoms with E-state index in [4.69, 9.17) is 14.2 Å². The van der Waals surface area contributed by atoms with Crippen molar-refractivity contribution >= 4 is 27.6 Å². The van der Waals surface area contributed by atoms with E-state index in [1.807, 2.05) is 35.4 Å². The summed E-state index contributed by atoms with van der Waals surface area (Å²) in [6.45, 7) is 3.83. The Morgan fingerprint density at radius 2 is 1.70 bits per heavy atom. The van der Waals surface area contributed by atoms with Crippen LogP contribution in [-0.4, -0.2) is 26.7 Å². The molecule has 0 saturated heterocycles. The van der Waals surface area contributed by atoms with Crippen molar-refractivity contribution in [3.8, 4) is 11.6 Å². The summed E-state index contributed by atoms with van der Waals surface area (Å²) < 4.78 is 58.7. The normalized spacial score (nSPS) is 12.7. The largest absolute Gasteiger partial charge is 0.493 e. The van der Waals surface area contributed by atoms with Crippen LogP contribution in [0, 0.1) is 5.41 Å². The number of carbonyl (C=O) groups excluding carboxylic acids is 1. The summed E-state index contributed by atoms with van der Waals surface area (Å²) in [5.74, 6) is -0.369. The fraction of sp³-hybridized carbons (Fsp3) is 0.258. The maximum Gasteiger partial charge on any atom is 0.432 e. The van der Waals surface area contributed by atoms with E-state index in [0.29, 0.717) is 27.8 Å². The fourth-order valence-corrected chi connectivity index (χ4v) is 5.32. The standard InChI is InChI=1S/C31H28F3N3O5S/c1-30(2,29(39)41-19-20-10-5-3-6-11-20)16-17-40-22-14-9-15-23-26(22)27(38)37(43-23)28(21-12-7-4-8-13-21)42-25-18-24(35-36-25)31(32,33)34/h3-15,18,28H,16-17,19H2,1-2H3,(H,35,36). The summed E-state index contributed by atoms with van der Waals surface area (Å²) in [5, 5.41) is 5.86. The van der Waals surface area contributed by atoms with E-state index in [9.17, 15) is 22.8 Å². The molecule has 2 heterocycles. The van der Waals surface area contributed by atoms with Gasteiger partial charge in [-0.1, -0.05) is 78.3 Å². The van der Waals surface area contributed by atoms with E-state index in [1.165, 1.54) is 3.96 Å². The van der Waals surface area contributed by atoms with Gasteiger partial charge in [-0.05, 0) is 38.0 Å². The smallest absolute Gasteiger partial charge is 0.432 e. The van der Waals surface area contributed by atoms with Crippen molar-refractivity contribution < 1.29 is 32.2 Å². The van der Waals surface area contributed by atoms with Gasteiger partial charge >= 0.3 is 12.1 Å². The van der Waals surface area contributed by atoms with Gasteiger partial charge in [-0.2, -0.15) is 13.2 Å². The summed E-state index contributed by atoms with van der Waals surface area (Å²) >= 11 is 1.09. The van der Waals surface area contributed by atoms with Crippen LogP contribution in [0.25, 0.3) is 10.1 Å². The highest BCUT2D eigenvalue weighted by atomic mass is 32.1. The van der Waals surface area contributed by atoms with Gasteiger partial charge < -0.3 is 14.2 Å². The zero-order valence-electron chi connectivity index (χ0n) is 23.3. The van der Waals surface area contributed by atoms with Gasteiger partial charge in [0.05, 0.1) is 16.7 Å². The van der Waals surface area contributed by atoms with Crippen LogP contribution in [-0.2, 0) is 22.3 Å². The van der Waals surface area contributed by atoms with Crippen molar-refractivity contribution in [3.63, 3.8) is 0 Å². The van der Waals surface area contributed by atoms with Crippen molar-refractivity contribution in [2.24, 2.45) is 5.41 Å². The third-order valence-corrected chi connectivity index (χ3v) is 7.83. The molecule has 0 bridgehead atoms. The number of aromatic nitrogens is 3. The quantitative estimate of drug-likeness (QED) is 0.162. The molecule has 0 aliphatic heterocycles. The minimum atomic E-state index is -4.63. The fourth-order valence-electron chi connectivity index (χ4n) is 4.26. The molecule has 43 heavy (non-hydrogen) atoms. The lowest BCUT2D eigenvalue weighted by Crippen LogP contribution is -2.28. The molecular weight excluding hydrogens is 583 g/mol. The second-order valence-electron chi connectivity index (χ2n) is 10.4. The molecular formula is C31H28F3N3O5S. The number of rotatable bonds is 11. The number of alkyl halides is 3. The zero-order chi connectivity index (χ0) is 30.6. The SMILES string of the molecule is CC(C)(CCOc1cccc2sn(C(Oc3cc(C(F)(F)F)[nH]n3)c3ccccc3)c(=O)c12)C(=O)OCc1ccccc1. The summed E-state index contributed by atoms with van der Waals surface area (Å²) in [7, 11) is 0. The second-order valence-corrected chi connectivity index (χ2v) is 11.4. The number of ether oxygens (including phenoxy) is 3. The predicted octanol–water partition coefficient (Wildman–Crippen LogP) is 6.97. The predicted molar refractivity (Wildman–Crippen MR) is 155 cm³/mol. The number of benzene rings is 3. The van der Waals surface area contributed by atoms with Crippen LogP contribution in [0.15, 0.2) is 89.7 Å². The van der Waals surface area contributed by atoms with Crippen LogP contribution in [0.4, 0.5) is 13.2 Å². The molecule has 3 aromatic carbocycles. The van der Waals surface area contributed by atoms with E-state index in [-0.39, 0.29) is 25.1 Å². The topological polar surface area (TPSA) is 95.4 Å². The third-order valence-electron chi connectivity index (χ3n) is 6.74. The maximum atomic E-state index is 13.7. The zero-order valence-corrected chi connectivity index (χ0v) is 24.1. The number of carbonyl (C=O) groups is 1. The van der Waals surface area contributed by atoms with Gasteiger partial charge in [-0.25, -0.2) is 3.96 Å². The van der Waals surface area contributed by atoms with Crippen molar-refractivity contribution in [1.29, 1.82) is 0 Å². The molecule has 0 saturated carbocycles. The first-order valence-corrected chi connectivity index (χ1v) is 14.1. The van der Waals surface area contributed by atoms with E-state index in [2.05, 4.69) is 5.10 Å². The van der Waals surface area contributed by atoms with Gasteiger partial charge in [0.25, 0.3) is 5.56 Å². The molecule has 12 heteroatoms. The highest BCUT2D eigenvalue weighted by Crippen LogP contribution is 2.34. The first kappa shape index (κ1) is 29.9.